The molecule has 1 rings (SSSR count). The summed E-state index contributed by atoms with van der Waals surface area (Å²) in [5.74, 6) is -1.05. The molecule has 1 amide bonds. The molecule has 6 heteroatoms. The summed E-state index contributed by atoms with van der Waals surface area (Å²) < 4.78 is 14.8. The number of hydrogen-bond donors (Lipinski definition) is 1. The van der Waals surface area contributed by atoms with Gasteiger partial charge in [0.05, 0.1) is 0 Å². The summed E-state index contributed by atoms with van der Waals surface area (Å²) in [4.78, 5) is 22.7. The molecule has 1 atom stereocenters. The SMILES string of the molecule is CCNC(=O)[C@H](C)OC(=O)C1=COCCO1. The van der Waals surface area contributed by atoms with Crippen LogP contribution in [0.5, 0.6) is 0 Å². The van der Waals surface area contributed by atoms with E-state index < -0.39 is 12.1 Å². The number of carbonyl (C=O) groups excluding carboxylic acids is 2. The molecule has 0 spiro atoms. The minimum atomic E-state index is -0.848. The largest absolute Gasteiger partial charge is 0.493 e. The quantitative estimate of drug-likeness (QED) is 0.684. The van der Waals surface area contributed by atoms with Gasteiger partial charge in [-0.25, -0.2) is 4.79 Å². The fraction of sp³-hybridized carbons (Fsp3) is 0.600. The molecule has 0 aromatic carbocycles. The van der Waals surface area contributed by atoms with Crippen molar-refractivity contribution in [3.8, 4) is 0 Å². The van der Waals surface area contributed by atoms with Crippen molar-refractivity contribution < 1.29 is 23.8 Å². The molecule has 1 aliphatic rings. The van der Waals surface area contributed by atoms with Crippen LogP contribution in [-0.4, -0.2) is 37.7 Å². The lowest BCUT2D eigenvalue weighted by Crippen LogP contribution is -2.36. The van der Waals surface area contributed by atoms with Crippen molar-refractivity contribution in [1.82, 2.24) is 5.32 Å². The maximum absolute atomic E-state index is 11.4. The molecule has 90 valence electrons. The van der Waals surface area contributed by atoms with E-state index in [2.05, 4.69) is 5.32 Å². The van der Waals surface area contributed by atoms with E-state index >= 15 is 0 Å². The van der Waals surface area contributed by atoms with Crippen LogP contribution >= 0.6 is 0 Å². The van der Waals surface area contributed by atoms with E-state index in [1.54, 1.807) is 6.92 Å². The van der Waals surface area contributed by atoms with Gasteiger partial charge in [0.1, 0.15) is 19.5 Å². The molecule has 0 fully saturated rings. The fourth-order valence-electron chi connectivity index (χ4n) is 1.07. The monoisotopic (exact) mass is 229 g/mol. The van der Waals surface area contributed by atoms with Crippen LogP contribution < -0.4 is 5.32 Å². The lowest BCUT2D eigenvalue weighted by molar-refractivity contribution is -0.155. The number of rotatable bonds is 4. The van der Waals surface area contributed by atoms with Gasteiger partial charge in [0.25, 0.3) is 5.91 Å². The van der Waals surface area contributed by atoms with Gasteiger partial charge in [0.15, 0.2) is 6.10 Å². The summed E-state index contributed by atoms with van der Waals surface area (Å²) in [7, 11) is 0. The van der Waals surface area contributed by atoms with Gasteiger partial charge in [-0.3, -0.25) is 4.79 Å². The van der Waals surface area contributed by atoms with Crippen LogP contribution in [0.4, 0.5) is 0 Å². The van der Waals surface area contributed by atoms with Crippen LogP contribution in [0, 0.1) is 0 Å². The maximum Gasteiger partial charge on any atom is 0.377 e. The van der Waals surface area contributed by atoms with Crippen molar-refractivity contribution >= 4 is 11.9 Å². The zero-order valence-electron chi connectivity index (χ0n) is 9.32. The Kier molecular flexibility index (Phi) is 4.63. The molecular weight excluding hydrogens is 214 g/mol. The van der Waals surface area contributed by atoms with Crippen molar-refractivity contribution in [2.24, 2.45) is 0 Å². The number of amides is 1. The zero-order valence-corrected chi connectivity index (χ0v) is 9.32. The summed E-state index contributed by atoms with van der Waals surface area (Å²) in [6, 6.07) is 0. The van der Waals surface area contributed by atoms with Crippen LogP contribution in [0.25, 0.3) is 0 Å². The Morgan fingerprint density at radius 2 is 2.31 bits per heavy atom. The van der Waals surface area contributed by atoms with Crippen molar-refractivity contribution in [1.29, 1.82) is 0 Å². The zero-order chi connectivity index (χ0) is 12.0. The normalized spacial score (nSPS) is 16.2. The van der Waals surface area contributed by atoms with Gasteiger partial charge in [-0.1, -0.05) is 0 Å². The van der Waals surface area contributed by atoms with Crippen LogP contribution in [0.3, 0.4) is 0 Å². The first-order chi connectivity index (χ1) is 7.65. The second-order valence-electron chi connectivity index (χ2n) is 3.14. The summed E-state index contributed by atoms with van der Waals surface area (Å²) >= 11 is 0. The average Bonchev–Trinajstić information content (AvgIpc) is 2.30. The summed E-state index contributed by atoms with van der Waals surface area (Å²) in [5.41, 5.74) is 0. The number of ether oxygens (including phenoxy) is 3. The molecule has 16 heavy (non-hydrogen) atoms. The minimum Gasteiger partial charge on any atom is -0.493 e. The third kappa shape index (κ3) is 3.45. The third-order valence-corrected chi connectivity index (χ3v) is 1.85. The number of esters is 1. The standard InChI is InChI=1S/C10H15NO5/c1-3-11-9(12)7(2)16-10(13)8-6-14-4-5-15-8/h6-7H,3-5H2,1-2H3,(H,11,12)/t7-/m0/s1. The van der Waals surface area contributed by atoms with Gasteiger partial charge in [-0.2, -0.15) is 0 Å². The van der Waals surface area contributed by atoms with Crippen molar-refractivity contribution in [2.75, 3.05) is 19.8 Å². The third-order valence-electron chi connectivity index (χ3n) is 1.85. The molecule has 0 saturated heterocycles. The molecule has 1 N–H and O–H groups in total. The lowest BCUT2D eigenvalue weighted by atomic mass is 10.3. The highest BCUT2D eigenvalue weighted by Gasteiger charge is 2.22. The van der Waals surface area contributed by atoms with Crippen LogP contribution in [-0.2, 0) is 23.8 Å². The van der Waals surface area contributed by atoms with E-state index in [9.17, 15) is 9.59 Å². The van der Waals surface area contributed by atoms with Crippen LogP contribution in [0.2, 0.25) is 0 Å². The summed E-state index contributed by atoms with van der Waals surface area (Å²) in [6.07, 6.45) is 0.342. The van der Waals surface area contributed by atoms with E-state index in [0.717, 1.165) is 0 Å². The van der Waals surface area contributed by atoms with E-state index in [1.807, 2.05) is 0 Å². The average molecular weight is 229 g/mol. The molecule has 0 radical (unpaired) electrons. The molecule has 0 unspecified atom stereocenters. The number of likely N-dealkylation sites (N-methyl/N-ethyl adjacent to an activating group) is 1. The van der Waals surface area contributed by atoms with Gasteiger partial charge in [0.2, 0.25) is 5.76 Å². The molecule has 0 aromatic rings. The smallest absolute Gasteiger partial charge is 0.377 e. The molecule has 6 nitrogen and oxygen atoms in total. The lowest BCUT2D eigenvalue weighted by Gasteiger charge is -2.17. The van der Waals surface area contributed by atoms with E-state index in [4.69, 9.17) is 14.2 Å². The Morgan fingerprint density at radius 1 is 1.56 bits per heavy atom. The van der Waals surface area contributed by atoms with Gasteiger partial charge in [-0.15, -0.1) is 0 Å². The fourth-order valence-corrected chi connectivity index (χ4v) is 1.07. The molecule has 1 heterocycles. The van der Waals surface area contributed by atoms with E-state index in [0.29, 0.717) is 19.8 Å². The Labute approximate surface area is 93.5 Å². The first kappa shape index (κ1) is 12.4. The number of carbonyl (C=O) groups is 2. The highest BCUT2D eigenvalue weighted by Crippen LogP contribution is 2.07. The van der Waals surface area contributed by atoms with E-state index in [-0.39, 0.29) is 11.7 Å². The Balaban J connectivity index is 2.44. The van der Waals surface area contributed by atoms with Gasteiger partial charge < -0.3 is 19.5 Å². The van der Waals surface area contributed by atoms with Crippen molar-refractivity contribution in [3.05, 3.63) is 12.0 Å². The summed E-state index contributed by atoms with van der Waals surface area (Å²) in [6.45, 7) is 4.47. The Morgan fingerprint density at radius 3 is 2.88 bits per heavy atom. The predicted molar refractivity (Wildman–Crippen MR) is 54.2 cm³/mol. The highest BCUT2D eigenvalue weighted by atomic mass is 16.6. The molecule has 0 saturated carbocycles. The first-order valence-electron chi connectivity index (χ1n) is 5.08. The molecule has 0 aromatic heterocycles. The van der Waals surface area contributed by atoms with E-state index in [1.165, 1.54) is 13.2 Å². The van der Waals surface area contributed by atoms with Crippen molar-refractivity contribution in [2.45, 2.75) is 20.0 Å². The number of hydrogen-bond acceptors (Lipinski definition) is 5. The summed E-state index contributed by atoms with van der Waals surface area (Å²) in [5, 5.41) is 2.55. The topological polar surface area (TPSA) is 73.9 Å². The highest BCUT2D eigenvalue weighted by molar-refractivity contribution is 5.89. The molecule has 0 aliphatic carbocycles. The van der Waals surface area contributed by atoms with Gasteiger partial charge in [0, 0.05) is 6.54 Å². The van der Waals surface area contributed by atoms with Crippen LogP contribution in [0.15, 0.2) is 12.0 Å². The van der Waals surface area contributed by atoms with Gasteiger partial charge >= 0.3 is 5.97 Å². The second kappa shape index (κ2) is 5.99. The predicted octanol–water partition coefficient (Wildman–Crippen LogP) is -0.0576. The second-order valence-corrected chi connectivity index (χ2v) is 3.14. The first-order valence-corrected chi connectivity index (χ1v) is 5.08. The number of nitrogens with one attached hydrogen (secondary N) is 1. The van der Waals surface area contributed by atoms with Crippen molar-refractivity contribution in [3.63, 3.8) is 0 Å². The van der Waals surface area contributed by atoms with Crippen LogP contribution in [0.1, 0.15) is 13.8 Å². The minimum absolute atomic E-state index is 0.0117. The van der Waals surface area contributed by atoms with Gasteiger partial charge in [-0.05, 0) is 13.8 Å². The molecule has 1 aliphatic heterocycles. The molecular formula is C10H15NO5. The maximum atomic E-state index is 11.4. The Hall–Kier alpha value is -1.72. The molecule has 0 bridgehead atoms. The Bertz CT molecular complexity index is 300.